The van der Waals surface area contributed by atoms with Crippen molar-refractivity contribution in [1.29, 1.82) is 0 Å². The molecule has 4 nitrogen and oxygen atoms in total. The summed E-state index contributed by atoms with van der Waals surface area (Å²) < 4.78 is 22.1. The predicted octanol–water partition coefficient (Wildman–Crippen LogP) is 2.08. The predicted molar refractivity (Wildman–Crippen MR) is 68.9 cm³/mol. The van der Waals surface area contributed by atoms with E-state index < -0.39 is 19.9 Å². The van der Waals surface area contributed by atoms with E-state index in [-0.39, 0.29) is 4.90 Å². The number of rotatable bonds is 3. The third-order valence-corrected chi connectivity index (χ3v) is 4.93. The van der Waals surface area contributed by atoms with E-state index in [1.807, 2.05) is 6.92 Å². The molecule has 1 aliphatic rings. The van der Waals surface area contributed by atoms with Crippen molar-refractivity contribution in [2.45, 2.75) is 28.1 Å². The first-order chi connectivity index (χ1) is 7.64. The van der Waals surface area contributed by atoms with Gasteiger partial charge in [-0.15, -0.1) is 11.6 Å². The van der Waals surface area contributed by atoms with Crippen molar-refractivity contribution in [3.05, 3.63) is 24.3 Å². The highest BCUT2D eigenvalue weighted by molar-refractivity contribution is 7.89. The second-order valence-corrected chi connectivity index (χ2v) is 7.41. The Morgan fingerprint density at radius 2 is 1.76 bits per heavy atom. The van der Waals surface area contributed by atoms with Gasteiger partial charge in [0.2, 0.25) is 10.0 Å². The molecule has 2 unspecified atom stereocenters. The topological polar surface area (TPSA) is 72.2 Å². The molecule has 1 aromatic carbocycles. The van der Waals surface area contributed by atoms with Gasteiger partial charge in [0, 0.05) is 12.1 Å². The number of benzene rings is 1. The average molecular weight is 295 g/mol. The van der Waals surface area contributed by atoms with Crippen molar-refractivity contribution in [3.8, 4) is 0 Å². The third kappa shape index (κ3) is 2.52. The monoisotopic (exact) mass is 294 g/mol. The molecule has 7 heteroatoms. The number of alkyl halides is 2. The molecule has 1 saturated carbocycles. The smallest absolute Gasteiger partial charge is 0.238 e. The fraction of sp³-hybridized carbons (Fsp3) is 0.400. The van der Waals surface area contributed by atoms with Crippen LogP contribution in [0.3, 0.4) is 0 Å². The Morgan fingerprint density at radius 1 is 1.29 bits per heavy atom. The fourth-order valence-electron chi connectivity index (χ4n) is 1.54. The minimum Gasteiger partial charge on any atom is -0.365 e. The second kappa shape index (κ2) is 3.75. The van der Waals surface area contributed by atoms with E-state index in [9.17, 15) is 8.42 Å². The van der Waals surface area contributed by atoms with Crippen LogP contribution >= 0.6 is 23.2 Å². The quantitative estimate of drug-likeness (QED) is 0.662. The largest absolute Gasteiger partial charge is 0.365 e. The first-order valence-electron chi connectivity index (χ1n) is 4.93. The van der Waals surface area contributed by atoms with E-state index in [1.165, 1.54) is 12.1 Å². The summed E-state index contributed by atoms with van der Waals surface area (Å²) in [6.45, 7) is 1.84. The zero-order valence-corrected chi connectivity index (χ0v) is 11.4. The van der Waals surface area contributed by atoms with Crippen molar-refractivity contribution in [1.82, 2.24) is 0 Å². The molecule has 1 aromatic rings. The Bertz CT molecular complexity index is 542. The number of nitrogens with two attached hydrogens (primary N) is 1. The first-order valence-corrected chi connectivity index (χ1v) is 7.23. The molecule has 0 saturated heterocycles. The van der Waals surface area contributed by atoms with Gasteiger partial charge in [-0.2, -0.15) is 0 Å². The Morgan fingerprint density at radius 3 is 2.12 bits per heavy atom. The van der Waals surface area contributed by atoms with Crippen molar-refractivity contribution in [3.63, 3.8) is 0 Å². The summed E-state index contributed by atoms with van der Waals surface area (Å²) in [5.74, 6) is 0. The molecule has 2 atom stereocenters. The molecule has 1 fully saturated rings. The van der Waals surface area contributed by atoms with Crippen LogP contribution in [0.2, 0.25) is 0 Å². The number of anilines is 1. The van der Waals surface area contributed by atoms with E-state index in [0.29, 0.717) is 12.1 Å². The third-order valence-electron chi connectivity index (χ3n) is 2.80. The van der Waals surface area contributed by atoms with Gasteiger partial charge in [-0.1, -0.05) is 11.6 Å². The highest BCUT2D eigenvalue weighted by Gasteiger charge is 2.63. The van der Waals surface area contributed by atoms with E-state index >= 15 is 0 Å². The van der Waals surface area contributed by atoms with Crippen LogP contribution in [0, 0.1) is 0 Å². The molecule has 0 radical (unpaired) electrons. The van der Waals surface area contributed by atoms with Crippen LogP contribution in [0.5, 0.6) is 0 Å². The van der Waals surface area contributed by atoms with E-state index in [0.717, 1.165) is 0 Å². The number of halogens is 2. The van der Waals surface area contributed by atoms with Gasteiger partial charge < -0.3 is 5.32 Å². The molecule has 1 aliphatic carbocycles. The second-order valence-electron chi connectivity index (χ2n) is 4.37. The lowest BCUT2D eigenvalue weighted by molar-refractivity contribution is 0.598. The zero-order valence-electron chi connectivity index (χ0n) is 9.07. The van der Waals surface area contributed by atoms with Gasteiger partial charge in [-0.25, -0.2) is 13.6 Å². The molecule has 3 N–H and O–H groups in total. The van der Waals surface area contributed by atoms with Crippen LogP contribution in [-0.2, 0) is 10.0 Å². The molecule has 0 spiro atoms. The van der Waals surface area contributed by atoms with E-state index in [2.05, 4.69) is 5.32 Å². The Labute approximate surface area is 110 Å². The van der Waals surface area contributed by atoms with Gasteiger partial charge in [0.15, 0.2) is 0 Å². The lowest BCUT2D eigenvalue weighted by atomic mass is 10.3. The van der Waals surface area contributed by atoms with Crippen LogP contribution < -0.4 is 10.5 Å². The Kier molecular flexibility index (Phi) is 2.86. The molecule has 0 heterocycles. The normalized spacial score (nSPS) is 32.2. The maximum atomic E-state index is 11.1. The molecule has 0 aliphatic heterocycles. The summed E-state index contributed by atoms with van der Waals surface area (Å²) in [5, 5.41) is 8.05. The molecule has 0 bridgehead atoms. The van der Waals surface area contributed by atoms with Gasteiger partial charge in [-0.3, -0.25) is 0 Å². The number of hydrogen-bond donors (Lipinski definition) is 2. The fourth-order valence-corrected chi connectivity index (χ4v) is 2.75. The van der Waals surface area contributed by atoms with Gasteiger partial charge in [-0.05, 0) is 31.2 Å². The number of sulfonamides is 1. The molecule has 94 valence electrons. The number of nitrogens with one attached hydrogen (secondary N) is 1. The van der Waals surface area contributed by atoms with Crippen molar-refractivity contribution in [2.75, 3.05) is 5.32 Å². The Hall–Kier alpha value is -0.490. The maximum absolute atomic E-state index is 11.1. The van der Waals surface area contributed by atoms with E-state index in [1.54, 1.807) is 12.1 Å². The molecule has 2 rings (SSSR count). The molecular formula is C10H12Cl2N2O2S. The van der Waals surface area contributed by atoms with Crippen LogP contribution in [0.1, 0.15) is 13.3 Å². The van der Waals surface area contributed by atoms with E-state index in [4.69, 9.17) is 28.3 Å². The van der Waals surface area contributed by atoms with Crippen LogP contribution in [-0.4, -0.2) is 18.3 Å². The van der Waals surface area contributed by atoms with Crippen molar-refractivity contribution < 1.29 is 8.42 Å². The van der Waals surface area contributed by atoms with Crippen molar-refractivity contribution in [2.24, 2.45) is 5.14 Å². The number of primary sulfonamides is 1. The Balaban J connectivity index is 2.16. The van der Waals surface area contributed by atoms with Crippen LogP contribution in [0.25, 0.3) is 0 Å². The summed E-state index contributed by atoms with van der Waals surface area (Å²) in [5.41, 5.74) is 0.705. The van der Waals surface area contributed by atoms with Crippen molar-refractivity contribution >= 4 is 38.9 Å². The first kappa shape index (κ1) is 13.0. The summed E-state index contributed by atoms with van der Waals surface area (Å²) in [4.78, 5) is -1.08. The van der Waals surface area contributed by atoms with Crippen LogP contribution in [0.15, 0.2) is 29.2 Å². The van der Waals surface area contributed by atoms with Gasteiger partial charge in [0.1, 0.15) is 5.00 Å². The molecule has 0 amide bonds. The summed E-state index contributed by atoms with van der Waals surface area (Å²) in [7, 11) is -3.66. The lowest BCUT2D eigenvalue weighted by Crippen LogP contribution is -2.22. The number of hydrogen-bond acceptors (Lipinski definition) is 3. The average Bonchev–Trinajstić information content (AvgIpc) is 2.63. The SMILES string of the molecule is CC1(Cl)CC1(Cl)Nc1ccc(S(N)(=O)=O)cc1. The minimum absolute atomic E-state index is 0.0658. The van der Waals surface area contributed by atoms with Gasteiger partial charge in [0.05, 0.1) is 9.77 Å². The van der Waals surface area contributed by atoms with Crippen LogP contribution in [0.4, 0.5) is 5.69 Å². The summed E-state index contributed by atoms with van der Waals surface area (Å²) >= 11 is 12.3. The molecule has 0 aromatic heterocycles. The molecular weight excluding hydrogens is 283 g/mol. The standard InChI is InChI=1S/C10H12Cl2N2O2S/c1-9(11)6-10(9,12)14-7-2-4-8(5-3-7)17(13,15)16/h2-5,14H,6H2,1H3,(H2,13,15,16). The highest BCUT2D eigenvalue weighted by atomic mass is 35.5. The minimum atomic E-state index is -3.66. The summed E-state index contributed by atoms with van der Waals surface area (Å²) in [6.07, 6.45) is 0.639. The van der Waals surface area contributed by atoms with Gasteiger partial charge in [0.25, 0.3) is 0 Å². The highest BCUT2D eigenvalue weighted by Crippen LogP contribution is 2.57. The lowest BCUT2D eigenvalue weighted by Gasteiger charge is -2.15. The summed E-state index contributed by atoms with van der Waals surface area (Å²) in [6, 6.07) is 6.06. The zero-order chi connectivity index (χ0) is 12.9. The molecule has 17 heavy (non-hydrogen) atoms. The maximum Gasteiger partial charge on any atom is 0.238 e. The van der Waals surface area contributed by atoms with Gasteiger partial charge >= 0.3 is 0 Å².